The normalized spacial score (nSPS) is 41.6. The second kappa shape index (κ2) is 3.80. The summed E-state index contributed by atoms with van der Waals surface area (Å²) in [5.41, 5.74) is -1.72. The summed E-state index contributed by atoms with van der Waals surface area (Å²) in [7, 11) is 4.89. The maximum Gasteiger partial charge on any atom is 0.378 e. The number of halogens is 1. The third-order valence-corrected chi connectivity index (χ3v) is 5.43. The molecule has 0 aromatic heterocycles. The molecule has 3 heterocycles. The van der Waals surface area contributed by atoms with E-state index < -0.39 is 34.9 Å². The fraction of sp³-hybridized carbons (Fsp3) is 0.667. The van der Waals surface area contributed by atoms with Gasteiger partial charge in [-0.3, -0.25) is 14.5 Å². The molecule has 3 rings (SSSR count). The Labute approximate surface area is 113 Å². The van der Waals surface area contributed by atoms with Crippen LogP contribution in [0.15, 0.2) is 0 Å². The summed E-state index contributed by atoms with van der Waals surface area (Å²) in [6.45, 7) is 0. The molecule has 0 saturated carbocycles. The van der Waals surface area contributed by atoms with Crippen molar-refractivity contribution in [3.8, 4) is 0 Å². The summed E-state index contributed by atoms with van der Waals surface area (Å²) in [5, 5.41) is -1.10. The highest BCUT2D eigenvalue weighted by molar-refractivity contribution is 8.00. The van der Waals surface area contributed by atoms with Gasteiger partial charge in [0.15, 0.2) is 0 Å². The van der Waals surface area contributed by atoms with Gasteiger partial charge in [-0.2, -0.15) is 0 Å². The second-order valence-corrected chi connectivity index (χ2v) is 5.93. The van der Waals surface area contributed by atoms with E-state index in [2.05, 4.69) is 4.65 Å². The SMILES string of the molecule is [B]OC(=O)[C@]12OC(=O)C[C@H]1CS[C@@H]1[C@H](Cl)C(=O)N12. The minimum atomic E-state index is -1.72. The van der Waals surface area contributed by atoms with Crippen LogP contribution in [-0.4, -0.2) is 53.0 Å². The molecule has 0 spiro atoms. The van der Waals surface area contributed by atoms with Gasteiger partial charge in [0.2, 0.25) is 5.91 Å². The third kappa shape index (κ3) is 1.25. The Morgan fingerprint density at radius 1 is 1.61 bits per heavy atom. The highest BCUT2D eigenvalue weighted by Crippen LogP contribution is 2.52. The average Bonchev–Trinajstić information content (AvgIpc) is 2.71. The van der Waals surface area contributed by atoms with E-state index >= 15 is 0 Å². The van der Waals surface area contributed by atoms with Gasteiger partial charge in [0.05, 0.1) is 6.42 Å². The molecule has 0 aromatic rings. The van der Waals surface area contributed by atoms with E-state index in [0.29, 0.717) is 5.75 Å². The van der Waals surface area contributed by atoms with Crippen molar-refractivity contribution >= 4 is 49.3 Å². The van der Waals surface area contributed by atoms with E-state index in [1.807, 2.05) is 0 Å². The Balaban J connectivity index is 2.04. The number of hydrogen-bond donors (Lipinski definition) is 0. The fourth-order valence-electron chi connectivity index (χ4n) is 2.60. The topological polar surface area (TPSA) is 72.9 Å². The van der Waals surface area contributed by atoms with Crippen LogP contribution in [0.4, 0.5) is 0 Å². The first kappa shape index (κ1) is 12.2. The van der Waals surface area contributed by atoms with E-state index in [9.17, 15) is 14.4 Å². The number of carbonyl (C=O) groups excluding carboxylic acids is 3. The molecule has 1 amide bonds. The molecule has 94 valence electrons. The molecule has 0 aliphatic carbocycles. The molecule has 3 saturated heterocycles. The zero-order valence-electron chi connectivity index (χ0n) is 9.00. The number of nitrogens with zero attached hydrogens (tertiary/aromatic N) is 1. The van der Waals surface area contributed by atoms with Crippen LogP contribution in [-0.2, 0) is 23.8 Å². The number of ether oxygens (including phenoxy) is 1. The first-order valence-corrected chi connectivity index (χ1v) is 6.72. The fourth-order valence-corrected chi connectivity index (χ4v) is 4.51. The van der Waals surface area contributed by atoms with E-state index in [1.165, 1.54) is 16.7 Å². The van der Waals surface area contributed by atoms with Crippen molar-refractivity contribution in [2.24, 2.45) is 5.92 Å². The molecule has 3 aliphatic heterocycles. The van der Waals surface area contributed by atoms with Crippen molar-refractivity contribution < 1.29 is 23.8 Å². The number of thioether (sulfide) groups is 1. The summed E-state index contributed by atoms with van der Waals surface area (Å²) in [6.07, 6.45) is 0.0611. The Morgan fingerprint density at radius 3 is 3.00 bits per heavy atom. The average molecular weight is 287 g/mol. The third-order valence-electron chi connectivity index (χ3n) is 3.44. The lowest BCUT2D eigenvalue weighted by Gasteiger charge is -2.55. The highest BCUT2D eigenvalue weighted by Gasteiger charge is 2.71. The molecule has 3 aliphatic rings. The molecule has 6 nitrogen and oxygen atoms in total. The summed E-state index contributed by atoms with van der Waals surface area (Å²) in [5.74, 6) is -1.88. The Bertz CT molecular complexity index is 462. The lowest BCUT2D eigenvalue weighted by molar-refractivity contribution is -0.210. The van der Waals surface area contributed by atoms with Crippen LogP contribution in [0.2, 0.25) is 0 Å². The van der Waals surface area contributed by atoms with Crippen LogP contribution in [0.25, 0.3) is 0 Å². The van der Waals surface area contributed by atoms with Crippen LogP contribution in [0, 0.1) is 5.92 Å². The second-order valence-electron chi connectivity index (χ2n) is 4.31. The standard InChI is InChI=1S/C9H7BClNO5S/c10-17-8(15)9-3(1-4(13)16-9)2-18-7-5(11)6(14)12(7)9/h3,5,7H,1-2H2/t3-,5+,7+,9+/m0/s1. The van der Waals surface area contributed by atoms with Gasteiger partial charge in [-0.25, -0.2) is 4.79 Å². The molecule has 9 heteroatoms. The minimum absolute atomic E-state index is 0.0611. The predicted molar refractivity (Wildman–Crippen MR) is 61.5 cm³/mol. The van der Waals surface area contributed by atoms with Crippen molar-refractivity contribution in [3.63, 3.8) is 0 Å². The minimum Gasteiger partial charge on any atom is -0.539 e. The Hall–Kier alpha value is -0.885. The smallest absolute Gasteiger partial charge is 0.378 e. The zero-order valence-corrected chi connectivity index (χ0v) is 10.6. The number of fused-ring (bicyclic) bond motifs is 3. The van der Waals surface area contributed by atoms with Crippen LogP contribution in [0.1, 0.15) is 6.42 Å². The molecule has 0 unspecified atom stereocenters. The quantitative estimate of drug-likeness (QED) is 0.277. The number of amides is 1. The monoisotopic (exact) mass is 287 g/mol. The first-order chi connectivity index (χ1) is 8.52. The summed E-state index contributed by atoms with van der Waals surface area (Å²) in [4.78, 5) is 36.3. The number of esters is 1. The number of hydrogen-bond acceptors (Lipinski definition) is 6. The van der Waals surface area contributed by atoms with E-state index in [-0.39, 0.29) is 11.8 Å². The van der Waals surface area contributed by atoms with Crippen LogP contribution in [0.5, 0.6) is 0 Å². The summed E-state index contributed by atoms with van der Waals surface area (Å²) < 4.78 is 9.31. The van der Waals surface area contributed by atoms with Gasteiger partial charge in [0.1, 0.15) is 10.8 Å². The van der Waals surface area contributed by atoms with Crippen LogP contribution >= 0.6 is 23.4 Å². The van der Waals surface area contributed by atoms with Crippen molar-refractivity contribution in [2.45, 2.75) is 22.9 Å². The molecule has 0 aromatic carbocycles. The van der Waals surface area contributed by atoms with Crippen LogP contribution in [0.3, 0.4) is 0 Å². The maximum absolute atomic E-state index is 11.9. The van der Waals surface area contributed by atoms with Gasteiger partial charge < -0.3 is 9.39 Å². The Morgan fingerprint density at radius 2 is 2.33 bits per heavy atom. The van der Waals surface area contributed by atoms with Gasteiger partial charge >= 0.3 is 20.0 Å². The largest absolute Gasteiger partial charge is 0.539 e. The Kier molecular flexibility index (Phi) is 2.57. The molecule has 2 radical (unpaired) electrons. The van der Waals surface area contributed by atoms with Gasteiger partial charge in [0.25, 0.3) is 5.72 Å². The summed E-state index contributed by atoms with van der Waals surface area (Å²) >= 11 is 7.30. The van der Waals surface area contributed by atoms with Crippen molar-refractivity contribution in [2.75, 3.05) is 5.75 Å². The number of β-lactam (4-membered cyclic amide) rings is 1. The summed E-state index contributed by atoms with van der Waals surface area (Å²) in [6, 6.07) is 0. The number of carbonyl (C=O) groups is 3. The lowest BCUT2D eigenvalue weighted by atomic mass is 9.91. The van der Waals surface area contributed by atoms with E-state index in [1.54, 1.807) is 0 Å². The van der Waals surface area contributed by atoms with Crippen LogP contribution < -0.4 is 0 Å². The predicted octanol–water partition coefficient (Wildman–Crippen LogP) is -0.605. The number of alkyl halides is 1. The lowest BCUT2D eigenvalue weighted by Crippen LogP contribution is -2.76. The van der Waals surface area contributed by atoms with E-state index in [0.717, 1.165) is 0 Å². The van der Waals surface area contributed by atoms with Gasteiger partial charge in [-0.15, -0.1) is 23.4 Å². The zero-order chi connectivity index (χ0) is 13.1. The molecular formula is C9H7BClNO5S. The van der Waals surface area contributed by atoms with Crippen molar-refractivity contribution in [3.05, 3.63) is 0 Å². The van der Waals surface area contributed by atoms with Gasteiger partial charge in [0, 0.05) is 11.7 Å². The van der Waals surface area contributed by atoms with Crippen molar-refractivity contribution in [1.82, 2.24) is 4.90 Å². The molecule has 3 fully saturated rings. The van der Waals surface area contributed by atoms with E-state index in [4.69, 9.17) is 24.4 Å². The highest BCUT2D eigenvalue weighted by atomic mass is 35.5. The molecule has 18 heavy (non-hydrogen) atoms. The van der Waals surface area contributed by atoms with Crippen molar-refractivity contribution in [1.29, 1.82) is 0 Å². The van der Waals surface area contributed by atoms with Gasteiger partial charge in [-0.05, 0) is 0 Å². The molecule has 4 atom stereocenters. The molecule has 0 N–H and O–H groups in total. The first-order valence-electron chi connectivity index (χ1n) is 5.24. The molecule has 0 bridgehead atoms. The number of rotatable bonds is 1. The maximum atomic E-state index is 11.9. The van der Waals surface area contributed by atoms with Gasteiger partial charge in [-0.1, -0.05) is 0 Å². The molecular weight excluding hydrogens is 280 g/mol.